The van der Waals surface area contributed by atoms with Gasteiger partial charge < -0.3 is 4.74 Å². The lowest BCUT2D eigenvalue weighted by Gasteiger charge is -2.45. The summed E-state index contributed by atoms with van der Waals surface area (Å²) in [5.41, 5.74) is 3.22. The van der Waals surface area contributed by atoms with E-state index in [4.69, 9.17) is 4.74 Å². The molecule has 1 aromatic rings. The van der Waals surface area contributed by atoms with Crippen LogP contribution < -0.4 is 4.74 Å². The first kappa shape index (κ1) is 12.7. The Balaban J connectivity index is 1.66. The van der Waals surface area contributed by atoms with E-state index in [9.17, 15) is 0 Å². The summed E-state index contributed by atoms with van der Waals surface area (Å²) in [5.74, 6) is 5.90. The molecule has 0 spiro atoms. The van der Waals surface area contributed by atoms with Crippen LogP contribution in [0, 0.1) is 23.7 Å². The third kappa shape index (κ3) is 1.82. The number of aryl methyl sites for hydroxylation is 1. The lowest BCUT2D eigenvalue weighted by Crippen LogP contribution is -2.35. The maximum atomic E-state index is 5.40. The fourth-order valence-corrected chi connectivity index (χ4v) is 5.63. The van der Waals surface area contributed by atoms with Gasteiger partial charge in [-0.1, -0.05) is 19.4 Å². The highest BCUT2D eigenvalue weighted by Gasteiger charge is 2.46. The summed E-state index contributed by atoms with van der Waals surface area (Å²) >= 11 is 0. The molecular formula is C19H26O. The second kappa shape index (κ2) is 4.79. The van der Waals surface area contributed by atoms with Crippen LogP contribution in [0.5, 0.6) is 5.75 Å². The van der Waals surface area contributed by atoms with Crippen molar-refractivity contribution in [1.82, 2.24) is 0 Å². The third-order valence-corrected chi connectivity index (χ3v) is 6.61. The van der Waals surface area contributed by atoms with Gasteiger partial charge in [-0.05, 0) is 85.0 Å². The first-order valence-electron chi connectivity index (χ1n) is 8.44. The number of methoxy groups -OCH3 is 1. The molecule has 1 aromatic carbocycles. The van der Waals surface area contributed by atoms with E-state index in [0.717, 1.165) is 35.3 Å². The van der Waals surface area contributed by atoms with E-state index < -0.39 is 0 Å². The van der Waals surface area contributed by atoms with Gasteiger partial charge >= 0.3 is 0 Å². The van der Waals surface area contributed by atoms with Crippen molar-refractivity contribution in [2.24, 2.45) is 23.7 Å². The van der Waals surface area contributed by atoms with Crippen molar-refractivity contribution < 1.29 is 4.74 Å². The van der Waals surface area contributed by atoms with Crippen LogP contribution in [0.25, 0.3) is 0 Å². The number of fused-ring (bicyclic) bond motifs is 5. The molecule has 3 aliphatic carbocycles. The molecule has 4 rings (SSSR count). The second-order valence-corrected chi connectivity index (χ2v) is 7.33. The van der Waals surface area contributed by atoms with E-state index >= 15 is 0 Å². The van der Waals surface area contributed by atoms with E-state index in [2.05, 4.69) is 25.1 Å². The van der Waals surface area contributed by atoms with E-state index in [0.29, 0.717) is 0 Å². The van der Waals surface area contributed by atoms with Crippen LogP contribution in [0.1, 0.15) is 56.1 Å². The molecule has 1 heteroatoms. The van der Waals surface area contributed by atoms with Gasteiger partial charge in [-0.15, -0.1) is 0 Å². The Labute approximate surface area is 122 Å². The van der Waals surface area contributed by atoms with E-state index in [1.165, 1.54) is 38.5 Å². The van der Waals surface area contributed by atoms with Gasteiger partial charge in [0.25, 0.3) is 0 Å². The molecule has 2 saturated carbocycles. The Kier molecular flexibility index (Phi) is 3.05. The molecule has 0 heterocycles. The van der Waals surface area contributed by atoms with Crippen LogP contribution in [-0.2, 0) is 6.42 Å². The van der Waals surface area contributed by atoms with Crippen LogP contribution >= 0.6 is 0 Å². The van der Waals surface area contributed by atoms with E-state index in [1.807, 2.05) is 0 Å². The maximum absolute atomic E-state index is 5.40. The molecule has 1 unspecified atom stereocenters. The smallest absolute Gasteiger partial charge is 0.119 e. The first-order chi connectivity index (χ1) is 9.78. The molecule has 0 N–H and O–H groups in total. The monoisotopic (exact) mass is 270 g/mol. The first-order valence-corrected chi connectivity index (χ1v) is 8.44. The van der Waals surface area contributed by atoms with Gasteiger partial charge in [0.2, 0.25) is 0 Å². The molecule has 3 aliphatic rings. The van der Waals surface area contributed by atoms with E-state index in [-0.39, 0.29) is 0 Å². The Morgan fingerprint density at radius 3 is 2.65 bits per heavy atom. The number of ether oxygens (including phenoxy) is 1. The third-order valence-electron chi connectivity index (χ3n) is 6.61. The molecular weight excluding hydrogens is 244 g/mol. The average Bonchev–Trinajstić information content (AvgIpc) is 2.88. The van der Waals surface area contributed by atoms with Gasteiger partial charge in [0, 0.05) is 0 Å². The van der Waals surface area contributed by atoms with Gasteiger partial charge in [-0.25, -0.2) is 0 Å². The number of hydrogen-bond donors (Lipinski definition) is 0. The standard InChI is InChI=1S/C19H26O/c1-12-3-6-17-15(12)9-10-18-16-8-5-14(20-2)11-13(16)4-7-19(17)18/h5,8,11-12,15,17-19H,3-4,6-7,9-10H2,1-2H3/t12?,15-,17+,18+,19-/m1/s1. The summed E-state index contributed by atoms with van der Waals surface area (Å²) < 4.78 is 5.40. The Hall–Kier alpha value is -0.980. The zero-order valence-electron chi connectivity index (χ0n) is 12.8. The number of rotatable bonds is 1. The van der Waals surface area contributed by atoms with Crippen molar-refractivity contribution in [3.05, 3.63) is 29.3 Å². The van der Waals surface area contributed by atoms with Crippen LogP contribution in [-0.4, -0.2) is 7.11 Å². The Morgan fingerprint density at radius 2 is 1.80 bits per heavy atom. The summed E-state index contributed by atoms with van der Waals surface area (Å²) in [7, 11) is 1.78. The summed E-state index contributed by atoms with van der Waals surface area (Å²) in [4.78, 5) is 0. The molecule has 108 valence electrons. The molecule has 2 fully saturated rings. The van der Waals surface area contributed by atoms with Crippen molar-refractivity contribution in [3.8, 4) is 5.75 Å². The maximum Gasteiger partial charge on any atom is 0.119 e. The molecule has 0 saturated heterocycles. The molecule has 0 bridgehead atoms. The molecule has 0 amide bonds. The summed E-state index contributed by atoms with van der Waals surface area (Å²) in [6, 6.07) is 6.82. The predicted molar refractivity (Wildman–Crippen MR) is 82.2 cm³/mol. The fraction of sp³-hybridized carbons (Fsp3) is 0.684. The van der Waals surface area contributed by atoms with E-state index in [1.54, 1.807) is 18.2 Å². The number of hydrogen-bond acceptors (Lipinski definition) is 1. The minimum absolute atomic E-state index is 0.844. The normalized spacial score (nSPS) is 38.8. The van der Waals surface area contributed by atoms with Crippen molar-refractivity contribution >= 4 is 0 Å². The summed E-state index contributed by atoms with van der Waals surface area (Å²) in [6.45, 7) is 2.49. The highest BCUT2D eigenvalue weighted by atomic mass is 16.5. The number of benzene rings is 1. The summed E-state index contributed by atoms with van der Waals surface area (Å²) in [6.07, 6.45) is 8.56. The molecule has 20 heavy (non-hydrogen) atoms. The van der Waals surface area contributed by atoms with Crippen molar-refractivity contribution in [1.29, 1.82) is 0 Å². The minimum Gasteiger partial charge on any atom is -0.497 e. The van der Waals surface area contributed by atoms with Crippen LogP contribution in [0.2, 0.25) is 0 Å². The molecule has 1 nitrogen and oxygen atoms in total. The van der Waals surface area contributed by atoms with Gasteiger partial charge in [0.05, 0.1) is 7.11 Å². The topological polar surface area (TPSA) is 9.23 Å². The van der Waals surface area contributed by atoms with Crippen LogP contribution in [0.15, 0.2) is 18.2 Å². The lowest BCUT2D eigenvalue weighted by molar-refractivity contribution is 0.119. The highest BCUT2D eigenvalue weighted by molar-refractivity contribution is 5.40. The van der Waals surface area contributed by atoms with Crippen molar-refractivity contribution in [2.45, 2.75) is 51.4 Å². The zero-order chi connectivity index (χ0) is 13.7. The second-order valence-electron chi connectivity index (χ2n) is 7.33. The molecule has 0 aliphatic heterocycles. The fourth-order valence-electron chi connectivity index (χ4n) is 5.63. The van der Waals surface area contributed by atoms with Crippen molar-refractivity contribution in [2.75, 3.05) is 7.11 Å². The van der Waals surface area contributed by atoms with Crippen LogP contribution in [0.3, 0.4) is 0 Å². The predicted octanol–water partition coefficient (Wildman–Crippen LogP) is 4.80. The lowest BCUT2D eigenvalue weighted by atomic mass is 9.60. The van der Waals surface area contributed by atoms with Gasteiger partial charge in [-0.3, -0.25) is 0 Å². The average molecular weight is 270 g/mol. The SMILES string of the molecule is COc1ccc2c(c1)CC[C@@H]1[C@H]3CCC(C)[C@H]3CC[C@@H]21. The van der Waals surface area contributed by atoms with Gasteiger partial charge in [-0.2, -0.15) is 0 Å². The van der Waals surface area contributed by atoms with Crippen molar-refractivity contribution in [3.63, 3.8) is 0 Å². The van der Waals surface area contributed by atoms with Gasteiger partial charge in [0.15, 0.2) is 0 Å². The highest BCUT2D eigenvalue weighted by Crippen LogP contribution is 2.56. The largest absolute Gasteiger partial charge is 0.497 e. The van der Waals surface area contributed by atoms with Gasteiger partial charge in [0.1, 0.15) is 5.75 Å². The Morgan fingerprint density at radius 1 is 0.950 bits per heavy atom. The Bertz CT molecular complexity index is 506. The zero-order valence-corrected chi connectivity index (χ0v) is 12.8. The van der Waals surface area contributed by atoms with Crippen LogP contribution in [0.4, 0.5) is 0 Å². The molecule has 5 atom stereocenters. The quantitative estimate of drug-likeness (QED) is 0.712. The molecule has 0 radical (unpaired) electrons. The minimum atomic E-state index is 0.844. The summed E-state index contributed by atoms with van der Waals surface area (Å²) in [5, 5.41) is 0. The molecule has 0 aromatic heterocycles.